The normalized spacial score (nSPS) is 2.00. The van der Waals surface area contributed by atoms with E-state index in [0.717, 1.165) is 0 Å². The van der Waals surface area contributed by atoms with Gasteiger partial charge in [-0.1, -0.05) is 0 Å². The van der Waals surface area contributed by atoms with Crippen LogP contribution in [0.25, 0.3) is 0 Å². The van der Waals surface area contributed by atoms with E-state index in [0.29, 0.717) is 0 Å². The van der Waals surface area contributed by atoms with Gasteiger partial charge in [0.05, 0.1) is 0 Å². The summed E-state index contributed by atoms with van der Waals surface area (Å²) in [5.41, 5.74) is 4.26. The molecule has 5 heteroatoms. The summed E-state index contributed by atoms with van der Waals surface area (Å²) in [5.74, 6) is 0. The molecule has 0 aliphatic heterocycles. The molecule has 0 aromatic carbocycles. The van der Waals surface area contributed by atoms with E-state index in [1.54, 1.807) is 0 Å². The van der Waals surface area contributed by atoms with Gasteiger partial charge in [-0.15, -0.1) is 0 Å². The van der Waals surface area contributed by atoms with Crippen LogP contribution in [0.4, 0.5) is 0 Å². The van der Waals surface area contributed by atoms with Crippen LogP contribution < -0.4 is 30.5 Å². The zero-order chi connectivity index (χ0) is 2.71. The minimum absolute atomic E-state index is 0. The smallest absolute Gasteiger partial charge is 1.00 e. The van der Waals surface area contributed by atoms with E-state index in [4.69, 9.17) is 5.41 Å². The van der Waals surface area contributed by atoms with Gasteiger partial charge in [0, 0.05) is 0 Å². The molecule has 0 amide bonds. The van der Waals surface area contributed by atoms with Crippen LogP contribution in [0.3, 0.4) is 0 Å². The molecular formula is CH3Cl2N2Ti. The first-order valence-electron chi connectivity index (χ1n) is 0.539. The van der Waals surface area contributed by atoms with Crippen molar-refractivity contribution in [1.29, 1.82) is 5.41 Å². The van der Waals surface area contributed by atoms with E-state index in [-0.39, 0.29) is 46.5 Å². The average Bonchev–Trinajstić information content (AvgIpc) is 0.918. The Labute approximate surface area is 64.1 Å². The van der Waals surface area contributed by atoms with Gasteiger partial charge in [0.15, 0.2) is 0 Å². The summed E-state index contributed by atoms with van der Waals surface area (Å²) in [6, 6.07) is 0. The molecule has 2 nitrogen and oxygen atoms in total. The summed E-state index contributed by atoms with van der Waals surface area (Å²) in [5, 5.41) is 5.74. The summed E-state index contributed by atoms with van der Waals surface area (Å²) in [7, 11) is 0. The van der Waals surface area contributed by atoms with Gasteiger partial charge < -0.3 is 42.3 Å². The summed E-state index contributed by atoms with van der Waals surface area (Å²) in [6.45, 7) is 0. The maximum absolute atomic E-state index is 5.74. The zero-order valence-electron chi connectivity index (χ0n) is 2.83. The maximum Gasteiger partial charge on any atom is 3.00 e. The molecule has 0 aromatic rings. The van der Waals surface area contributed by atoms with E-state index in [1.807, 2.05) is 0 Å². The topological polar surface area (TPSA) is 49.9 Å². The van der Waals surface area contributed by atoms with E-state index in [2.05, 4.69) is 5.73 Å². The van der Waals surface area contributed by atoms with Gasteiger partial charge in [-0.05, 0) is 0 Å². The standard InChI is InChI=1S/CH3N2.2ClH.Ti/c2-1-3;;;/h(H3,2,3);2*1H;/q-1;;;+3/p-2. The van der Waals surface area contributed by atoms with Gasteiger partial charge in [-0.3, -0.25) is 0 Å². The van der Waals surface area contributed by atoms with Gasteiger partial charge >= 0.3 is 21.7 Å². The van der Waals surface area contributed by atoms with Crippen molar-refractivity contribution < 1.29 is 46.5 Å². The predicted octanol–water partition coefficient (Wildman–Crippen LogP) is -6.57. The molecule has 1 radical (unpaired) electrons. The van der Waals surface area contributed by atoms with Crippen LogP contribution in [0.5, 0.6) is 0 Å². The molecule has 35 valence electrons. The average molecular weight is 162 g/mol. The van der Waals surface area contributed by atoms with Crippen molar-refractivity contribution >= 4 is 6.34 Å². The number of halogens is 2. The van der Waals surface area contributed by atoms with Crippen molar-refractivity contribution in [1.82, 2.24) is 0 Å². The van der Waals surface area contributed by atoms with Gasteiger partial charge in [0.25, 0.3) is 0 Å². The van der Waals surface area contributed by atoms with Crippen molar-refractivity contribution in [3.63, 3.8) is 0 Å². The van der Waals surface area contributed by atoms with Gasteiger partial charge in [0.1, 0.15) is 0 Å². The molecule has 0 spiro atoms. The van der Waals surface area contributed by atoms with E-state index in [9.17, 15) is 0 Å². The fourth-order valence-corrected chi connectivity index (χ4v) is 0. The third-order valence-electron chi connectivity index (χ3n) is 0. The van der Waals surface area contributed by atoms with Crippen LogP contribution in [0, 0.1) is 5.41 Å². The molecule has 0 saturated carbocycles. The number of nitrogens with one attached hydrogen (secondary N) is 1. The van der Waals surface area contributed by atoms with Crippen LogP contribution in [-0.4, -0.2) is 6.34 Å². The molecule has 0 rings (SSSR count). The molecule has 0 saturated heterocycles. The first-order chi connectivity index (χ1) is 1.41. The number of nitrogens with two attached hydrogens (primary N) is 1. The summed E-state index contributed by atoms with van der Waals surface area (Å²) >= 11 is 0. The molecule has 0 aromatic heterocycles. The predicted molar refractivity (Wildman–Crippen MR) is 11.9 cm³/mol. The molecule has 0 atom stereocenters. The SMILES string of the molecule is N=[C-]N.[Cl-].[Cl-].[Ti+3]. The number of rotatable bonds is 0. The maximum atomic E-state index is 5.74. The Morgan fingerprint density at radius 1 is 1.33 bits per heavy atom. The second kappa shape index (κ2) is 42.0. The van der Waals surface area contributed by atoms with Crippen molar-refractivity contribution in [2.24, 2.45) is 5.73 Å². The minimum atomic E-state index is 0. The van der Waals surface area contributed by atoms with E-state index >= 15 is 0 Å². The Balaban J connectivity index is -0.00000000667. The number of hydrogen-bond donors (Lipinski definition) is 2. The van der Waals surface area contributed by atoms with Crippen molar-refractivity contribution in [2.75, 3.05) is 0 Å². The Hall–Kier alpha value is 0.764. The van der Waals surface area contributed by atoms with Crippen LogP contribution in [0.1, 0.15) is 0 Å². The number of hydrogen-bond acceptors (Lipinski definition) is 1. The van der Waals surface area contributed by atoms with Crippen LogP contribution in [-0.2, 0) is 21.7 Å². The van der Waals surface area contributed by atoms with Crippen LogP contribution >= 0.6 is 0 Å². The Morgan fingerprint density at radius 2 is 1.33 bits per heavy atom. The van der Waals surface area contributed by atoms with E-state index < -0.39 is 0 Å². The quantitative estimate of drug-likeness (QED) is 0.120. The summed E-state index contributed by atoms with van der Waals surface area (Å²) in [6.07, 6.45) is 1.50. The van der Waals surface area contributed by atoms with E-state index in [1.165, 1.54) is 6.34 Å². The summed E-state index contributed by atoms with van der Waals surface area (Å²) in [4.78, 5) is 0. The fourth-order valence-electron chi connectivity index (χ4n) is 0. The van der Waals surface area contributed by atoms with Gasteiger partial charge in [-0.2, -0.15) is 0 Å². The molecule has 0 aliphatic carbocycles. The fraction of sp³-hybridized carbons (Fsp3) is 0. The Morgan fingerprint density at radius 3 is 1.33 bits per heavy atom. The first-order valence-corrected chi connectivity index (χ1v) is 0.539. The summed E-state index contributed by atoms with van der Waals surface area (Å²) < 4.78 is 0. The largest absolute Gasteiger partial charge is 3.00 e. The van der Waals surface area contributed by atoms with Crippen molar-refractivity contribution in [3.8, 4) is 0 Å². The molecule has 0 unspecified atom stereocenters. The first kappa shape index (κ1) is 29.4. The van der Waals surface area contributed by atoms with Crippen molar-refractivity contribution in [2.45, 2.75) is 0 Å². The third-order valence-corrected chi connectivity index (χ3v) is 0. The Bertz CT molecular complexity index is 19.0. The van der Waals surface area contributed by atoms with Crippen molar-refractivity contribution in [3.05, 3.63) is 0 Å². The molecule has 0 fully saturated rings. The molecular weight excluding hydrogens is 159 g/mol. The third kappa shape index (κ3) is 116. The van der Waals surface area contributed by atoms with Crippen LogP contribution in [0.15, 0.2) is 0 Å². The van der Waals surface area contributed by atoms with Gasteiger partial charge in [0.2, 0.25) is 0 Å². The monoisotopic (exact) mass is 161 g/mol. The zero-order valence-corrected chi connectivity index (χ0v) is 5.91. The minimum Gasteiger partial charge on any atom is -1.00 e. The molecule has 3 N–H and O–H groups in total. The second-order valence-corrected chi connectivity index (χ2v) is 0.144. The second-order valence-electron chi connectivity index (χ2n) is 0.144. The molecule has 0 bridgehead atoms. The molecule has 0 heterocycles. The van der Waals surface area contributed by atoms with Crippen LogP contribution in [0.2, 0.25) is 0 Å². The molecule has 0 aliphatic rings. The Kier molecular flexibility index (Phi) is 206. The molecule has 6 heavy (non-hydrogen) atoms. The van der Waals surface area contributed by atoms with Gasteiger partial charge in [-0.25, -0.2) is 0 Å².